The SMILES string of the molecule is CC1=C(C(=O)OCc2ccccc2)[C@H](c2ccc3c(c2)OCO3)N2C(=O)CCSC2=N1. The van der Waals surface area contributed by atoms with Crippen LogP contribution < -0.4 is 9.47 Å². The number of thioether (sulfide) groups is 1. The third-order valence-corrected chi connectivity index (χ3v) is 6.31. The number of hydrogen-bond acceptors (Lipinski definition) is 7. The fraction of sp³-hybridized carbons (Fsp3) is 0.261. The highest BCUT2D eigenvalue weighted by atomic mass is 32.2. The highest BCUT2D eigenvalue weighted by Crippen LogP contribution is 2.43. The summed E-state index contributed by atoms with van der Waals surface area (Å²) < 4.78 is 16.6. The zero-order chi connectivity index (χ0) is 21.4. The van der Waals surface area contributed by atoms with Crippen LogP contribution in [0.2, 0.25) is 0 Å². The standard InChI is InChI=1S/C23H20N2O5S/c1-14-20(22(27)28-12-15-5-3-2-4-6-15)21(25-19(26)9-10-31-23(25)24-14)16-7-8-17-18(11-16)30-13-29-17/h2-8,11,21H,9-10,12-13H2,1H3/t21-/m0/s1. The van der Waals surface area contributed by atoms with E-state index in [2.05, 4.69) is 4.99 Å². The van der Waals surface area contributed by atoms with Crippen LogP contribution >= 0.6 is 11.8 Å². The molecule has 1 atom stereocenters. The van der Waals surface area contributed by atoms with Crippen LogP contribution in [0.5, 0.6) is 11.5 Å². The Kier molecular flexibility index (Phi) is 5.15. The van der Waals surface area contributed by atoms with Crippen molar-refractivity contribution >= 4 is 28.8 Å². The quantitative estimate of drug-likeness (QED) is 0.679. The molecule has 0 spiro atoms. The van der Waals surface area contributed by atoms with E-state index in [1.807, 2.05) is 42.5 Å². The van der Waals surface area contributed by atoms with E-state index in [1.165, 1.54) is 11.8 Å². The zero-order valence-electron chi connectivity index (χ0n) is 16.9. The van der Waals surface area contributed by atoms with Crippen LogP contribution in [0, 0.1) is 0 Å². The van der Waals surface area contributed by atoms with E-state index in [0.717, 1.165) is 11.1 Å². The summed E-state index contributed by atoms with van der Waals surface area (Å²) in [7, 11) is 0. The number of amides is 1. The van der Waals surface area contributed by atoms with E-state index in [9.17, 15) is 9.59 Å². The summed E-state index contributed by atoms with van der Waals surface area (Å²) in [5.41, 5.74) is 2.54. The summed E-state index contributed by atoms with van der Waals surface area (Å²) in [5, 5.41) is 0.607. The Labute approximate surface area is 183 Å². The molecule has 2 aromatic rings. The van der Waals surface area contributed by atoms with Gasteiger partial charge >= 0.3 is 5.97 Å². The van der Waals surface area contributed by atoms with Gasteiger partial charge in [-0.3, -0.25) is 9.69 Å². The van der Waals surface area contributed by atoms with E-state index in [1.54, 1.807) is 17.9 Å². The molecule has 3 aliphatic heterocycles. The number of hydrogen-bond donors (Lipinski definition) is 0. The largest absolute Gasteiger partial charge is 0.457 e. The molecule has 5 rings (SSSR count). The van der Waals surface area contributed by atoms with Gasteiger partial charge in [0.1, 0.15) is 6.61 Å². The molecule has 2 aromatic carbocycles. The van der Waals surface area contributed by atoms with Gasteiger partial charge in [-0.2, -0.15) is 0 Å². The van der Waals surface area contributed by atoms with Gasteiger partial charge in [0, 0.05) is 12.2 Å². The van der Waals surface area contributed by atoms with Crippen molar-refractivity contribution in [2.75, 3.05) is 12.5 Å². The van der Waals surface area contributed by atoms with Crippen LogP contribution in [-0.2, 0) is 20.9 Å². The van der Waals surface area contributed by atoms with Crippen LogP contribution in [-0.4, -0.2) is 34.5 Å². The van der Waals surface area contributed by atoms with Crippen LogP contribution in [0.1, 0.15) is 30.5 Å². The number of ether oxygens (including phenoxy) is 3. The Morgan fingerprint density at radius 3 is 2.84 bits per heavy atom. The molecule has 0 unspecified atom stereocenters. The number of fused-ring (bicyclic) bond motifs is 2. The minimum atomic E-state index is -0.634. The number of nitrogens with zero attached hydrogens (tertiary/aromatic N) is 2. The van der Waals surface area contributed by atoms with Crippen molar-refractivity contribution in [1.29, 1.82) is 0 Å². The van der Waals surface area contributed by atoms with Gasteiger partial charge in [0.15, 0.2) is 16.7 Å². The third kappa shape index (κ3) is 3.67. The van der Waals surface area contributed by atoms with Gasteiger partial charge in [0.2, 0.25) is 12.7 Å². The number of aliphatic imine (C=N–C) groups is 1. The van der Waals surface area contributed by atoms with Gasteiger partial charge in [-0.25, -0.2) is 9.79 Å². The van der Waals surface area contributed by atoms with E-state index < -0.39 is 12.0 Å². The van der Waals surface area contributed by atoms with E-state index in [4.69, 9.17) is 14.2 Å². The predicted molar refractivity (Wildman–Crippen MR) is 116 cm³/mol. The number of allylic oxidation sites excluding steroid dienone is 1. The molecule has 1 amide bonds. The van der Waals surface area contributed by atoms with Crippen molar-refractivity contribution in [2.24, 2.45) is 4.99 Å². The van der Waals surface area contributed by atoms with Crippen molar-refractivity contribution < 1.29 is 23.8 Å². The highest BCUT2D eigenvalue weighted by molar-refractivity contribution is 8.14. The summed E-state index contributed by atoms with van der Waals surface area (Å²) in [6.07, 6.45) is 0.385. The van der Waals surface area contributed by atoms with Gasteiger partial charge in [-0.15, -0.1) is 0 Å². The lowest BCUT2D eigenvalue weighted by Crippen LogP contribution is -2.45. The van der Waals surface area contributed by atoms with Crippen molar-refractivity contribution in [3.8, 4) is 11.5 Å². The number of rotatable bonds is 4. The number of esters is 1. The van der Waals surface area contributed by atoms with Crippen molar-refractivity contribution in [2.45, 2.75) is 26.0 Å². The first-order valence-corrected chi connectivity index (χ1v) is 11.0. The molecule has 0 aliphatic carbocycles. The Bertz CT molecular complexity index is 1110. The molecule has 0 radical (unpaired) electrons. The minimum Gasteiger partial charge on any atom is -0.457 e. The number of benzene rings is 2. The number of carbonyl (C=O) groups excluding carboxylic acids is 2. The van der Waals surface area contributed by atoms with Gasteiger partial charge in [0.25, 0.3) is 0 Å². The average molecular weight is 436 g/mol. The summed E-state index contributed by atoms with van der Waals surface area (Å²) in [4.78, 5) is 32.3. The Hall–Kier alpha value is -3.26. The molecule has 158 valence electrons. The molecule has 7 nitrogen and oxygen atoms in total. The maximum absolute atomic E-state index is 13.2. The molecule has 0 saturated carbocycles. The molecular formula is C23H20N2O5S. The smallest absolute Gasteiger partial charge is 0.338 e. The lowest BCUT2D eigenvalue weighted by Gasteiger charge is -2.38. The average Bonchev–Trinajstić information content (AvgIpc) is 3.25. The topological polar surface area (TPSA) is 77.4 Å². The summed E-state index contributed by atoms with van der Waals surface area (Å²) >= 11 is 1.52. The highest BCUT2D eigenvalue weighted by Gasteiger charge is 2.42. The summed E-state index contributed by atoms with van der Waals surface area (Å²) in [6.45, 7) is 2.07. The fourth-order valence-electron chi connectivity index (χ4n) is 3.86. The first-order chi connectivity index (χ1) is 15.1. The molecule has 0 bridgehead atoms. The van der Waals surface area contributed by atoms with Crippen LogP contribution in [0.15, 0.2) is 64.8 Å². The van der Waals surface area contributed by atoms with Crippen molar-refractivity contribution in [3.05, 3.63) is 70.9 Å². The molecular weight excluding hydrogens is 416 g/mol. The lowest BCUT2D eigenvalue weighted by atomic mass is 9.94. The predicted octanol–water partition coefficient (Wildman–Crippen LogP) is 3.81. The molecule has 31 heavy (non-hydrogen) atoms. The van der Waals surface area contributed by atoms with E-state index in [0.29, 0.717) is 40.1 Å². The lowest BCUT2D eigenvalue weighted by molar-refractivity contribution is -0.141. The molecule has 1 saturated heterocycles. The Morgan fingerprint density at radius 2 is 2.00 bits per heavy atom. The minimum absolute atomic E-state index is 0.0685. The summed E-state index contributed by atoms with van der Waals surface area (Å²) in [5.74, 6) is 1.34. The van der Waals surface area contributed by atoms with Gasteiger partial charge in [-0.05, 0) is 30.2 Å². The second-order valence-corrected chi connectivity index (χ2v) is 8.39. The summed E-state index contributed by atoms with van der Waals surface area (Å²) in [6, 6.07) is 14.3. The van der Waals surface area contributed by atoms with Gasteiger partial charge < -0.3 is 14.2 Å². The Morgan fingerprint density at radius 1 is 1.19 bits per heavy atom. The van der Waals surface area contributed by atoms with Crippen molar-refractivity contribution in [3.63, 3.8) is 0 Å². The monoisotopic (exact) mass is 436 g/mol. The zero-order valence-corrected chi connectivity index (χ0v) is 17.7. The molecule has 1 fully saturated rings. The molecule has 8 heteroatoms. The second-order valence-electron chi connectivity index (χ2n) is 7.33. The molecule has 3 heterocycles. The van der Waals surface area contributed by atoms with Gasteiger partial charge in [0.05, 0.1) is 17.3 Å². The second kappa shape index (κ2) is 8.11. The van der Waals surface area contributed by atoms with Crippen LogP contribution in [0.25, 0.3) is 0 Å². The van der Waals surface area contributed by atoms with Crippen molar-refractivity contribution in [1.82, 2.24) is 4.90 Å². The van der Waals surface area contributed by atoms with E-state index >= 15 is 0 Å². The molecule has 0 N–H and O–H groups in total. The fourth-order valence-corrected chi connectivity index (χ4v) is 4.86. The molecule has 3 aliphatic rings. The first-order valence-electron chi connectivity index (χ1n) is 9.97. The maximum Gasteiger partial charge on any atom is 0.338 e. The third-order valence-electron chi connectivity index (χ3n) is 5.35. The number of amidine groups is 1. The van der Waals surface area contributed by atoms with Gasteiger partial charge in [-0.1, -0.05) is 48.2 Å². The van der Waals surface area contributed by atoms with Crippen LogP contribution in [0.3, 0.4) is 0 Å². The molecule has 0 aromatic heterocycles. The van der Waals surface area contributed by atoms with E-state index in [-0.39, 0.29) is 19.3 Å². The first kappa shape index (κ1) is 19.7. The Balaban J connectivity index is 1.53. The normalized spacial score (nSPS) is 19.8. The number of carbonyl (C=O) groups is 2. The van der Waals surface area contributed by atoms with Crippen LogP contribution in [0.4, 0.5) is 0 Å². The maximum atomic E-state index is 13.2.